The van der Waals surface area contributed by atoms with Crippen LogP contribution in [0.15, 0.2) is 0 Å². The normalized spacial score (nSPS) is 23.0. The van der Waals surface area contributed by atoms with Crippen LogP contribution in [0.5, 0.6) is 0 Å². The van der Waals surface area contributed by atoms with Gasteiger partial charge in [-0.1, -0.05) is 13.8 Å². The Balaban J connectivity index is 2.62. The van der Waals surface area contributed by atoms with Crippen molar-refractivity contribution in [2.24, 2.45) is 0 Å². The fraction of sp³-hybridized carbons (Fsp3) is 1.00. The number of hydrogen-bond acceptors (Lipinski definition) is 3. The molecule has 1 rings (SSSR count). The molecular formula is C12H25NO2. The third-order valence-corrected chi connectivity index (χ3v) is 3.62. The Morgan fingerprint density at radius 3 is 2.40 bits per heavy atom. The first-order valence-electron chi connectivity index (χ1n) is 5.99. The number of hydrogen-bond donors (Lipinski definition) is 1. The van der Waals surface area contributed by atoms with Crippen LogP contribution in [-0.4, -0.2) is 47.4 Å². The minimum atomic E-state index is -0.533. The molecule has 0 unspecified atom stereocenters. The summed E-state index contributed by atoms with van der Waals surface area (Å²) in [6, 6.07) is 0. The fourth-order valence-electron chi connectivity index (χ4n) is 2.01. The van der Waals surface area contributed by atoms with E-state index in [-0.39, 0.29) is 5.54 Å². The van der Waals surface area contributed by atoms with E-state index in [1.807, 2.05) is 0 Å². The molecule has 1 heterocycles. The Morgan fingerprint density at radius 2 is 1.93 bits per heavy atom. The highest BCUT2D eigenvalue weighted by molar-refractivity contribution is 4.90. The quantitative estimate of drug-likeness (QED) is 0.774. The van der Waals surface area contributed by atoms with Crippen molar-refractivity contribution >= 4 is 0 Å². The molecule has 0 saturated carbocycles. The van der Waals surface area contributed by atoms with Gasteiger partial charge in [-0.3, -0.25) is 4.90 Å². The third kappa shape index (κ3) is 3.16. The number of morpholine rings is 1. The molecule has 3 nitrogen and oxygen atoms in total. The second-order valence-electron chi connectivity index (χ2n) is 5.22. The van der Waals surface area contributed by atoms with Gasteiger partial charge in [0.1, 0.15) is 0 Å². The topological polar surface area (TPSA) is 32.7 Å². The molecule has 0 aromatic heterocycles. The Hall–Kier alpha value is -0.120. The van der Waals surface area contributed by atoms with Crippen LogP contribution in [0.3, 0.4) is 0 Å². The highest BCUT2D eigenvalue weighted by atomic mass is 16.5. The van der Waals surface area contributed by atoms with Crippen LogP contribution in [0.4, 0.5) is 0 Å². The zero-order chi connectivity index (χ0) is 11.5. The Morgan fingerprint density at radius 1 is 1.33 bits per heavy atom. The molecule has 15 heavy (non-hydrogen) atoms. The van der Waals surface area contributed by atoms with Crippen molar-refractivity contribution in [3.05, 3.63) is 0 Å². The first-order chi connectivity index (χ1) is 6.93. The monoisotopic (exact) mass is 215 g/mol. The van der Waals surface area contributed by atoms with Crippen molar-refractivity contribution in [3.8, 4) is 0 Å². The van der Waals surface area contributed by atoms with Crippen LogP contribution in [0, 0.1) is 0 Å². The van der Waals surface area contributed by atoms with Gasteiger partial charge in [-0.2, -0.15) is 0 Å². The lowest BCUT2D eigenvalue weighted by Crippen LogP contribution is -2.57. The Bertz CT molecular complexity index is 200. The van der Waals surface area contributed by atoms with E-state index in [0.29, 0.717) is 0 Å². The van der Waals surface area contributed by atoms with E-state index in [1.165, 1.54) is 0 Å². The summed E-state index contributed by atoms with van der Waals surface area (Å²) < 4.78 is 5.47. The summed E-state index contributed by atoms with van der Waals surface area (Å²) in [7, 11) is 0. The standard InChI is InChI=1S/C12H25NO2/c1-5-12(14,6-2)9-13-7-8-15-10-11(13,3)4/h14H,5-10H2,1-4H3. The molecule has 0 spiro atoms. The molecular weight excluding hydrogens is 190 g/mol. The van der Waals surface area contributed by atoms with Crippen molar-refractivity contribution < 1.29 is 9.84 Å². The smallest absolute Gasteiger partial charge is 0.0769 e. The summed E-state index contributed by atoms with van der Waals surface area (Å²) in [5, 5.41) is 10.3. The molecule has 0 aliphatic carbocycles. The number of ether oxygens (including phenoxy) is 1. The average molecular weight is 215 g/mol. The molecule has 0 bridgehead atoms. The lowest BCUT2D eigenvalue weighted by molar-refractivity contribution is -0.0932. The van der Waals surface area contributed by atoms with E-state index >= 15 is 0 Å². The first kappa shape index (κ1) is 12.9. The summed E-state index contributed by atoms with van der Waals surface area (Å²) in [5.41, 5.74) is -0.481. The number of aliphatic hydroxyl groups is 1. The SMILES string of the molecule is CCC(O)(CC)CN1CCOCC1(C)C. The van der Waals surface area contributed by atoms with Gasteiger partial charge in [0.2, 0.25) is 0 Å². The maximum absolute atomic E-state index is 10.3. The van der Waals surface area contributed by atoms with Crippen molar-refractivity contribution in [2.75, 3.05) is 26.3 Å². The van der Waals surface area contributed by atoms with Crippen LogP contribution in [-0.2, 0) is 4.74 Å². The maximum Gasteiger partial charge on any atom is 0.0769 e. The van der Waals surface area contributed by atoms with Gasteiger partial charge in [0, 0.05) is 18.6 Å². The first-order valence-corrected chi connectivity index (χ1v) is 5.99. The van der Waals surface area contributed by atoms with Gasteiger partial charge in [0.05, 0.1) is 18.8 Å². The number of nitrogens with zero attached hydrogens (tertiary/aromatic N) is 1. The molecule has 0 radical (unpaired) electrons. The molecule has 0 aromatic carbocycles. The van der Waals surface area contributed by atoms with E-state index in [9.17, 15) is 5.11 Å². The molecule has 1 aliphatic rings. The van der Waals surface area contributed by atoms with Crippen molar-refractivity contribution in [3.63, 3.8) is 0 Å². The summed E-state index contributed by atoms with van der Waals surface area (Å²) >= 11 is 0. The van der Waals surface area contributed by atoms with E-state index in [4.69, 9.17) is 4.74 Å². The van der Waals surface area contributed by atoms with Crippen LogP contribution in [0.1, 0.15) is 40.5 Å². The van der Waals surface area contributed by atoms with Crippen LogP contribution < -0.4 is 0 Å². The van der Waals surface area contributed by atoms with Crippen molar-refractivity contribution in [2.45, 2.75) is 51.7 Å². The van der Waals surface area contributed by atoms with E-state index in [1.54, 1.807) is 0 Å². The molecule has 0 aromatic rings. The van der Waals surface area contributed by atoms with E-state index in [2.05, 4.69) is 32.6 Å². The lowest BCUT2D eigenvalue weighted by atomic mass is 9.93. The fourth-order valence-corrected chi connectivity index (χ4v) is 2.01. The highest BCUT2D eigenvalue weighted by Gasteiger charge is 2.35. The van der Waals surface area contributed by atoms with Gasteiger partial charge in [-0.15, -0.1) is 0 Å². The minimum absolute atomic E-state index is 0.0522. The molecule has 0 amide bonds. The number of rotatable bonds is 4. The predicted molar refractivity (Wildman–Crippen MR) is 62.0 cm³/mol. The molecule has 90 valence electrons. The highest BCUT2D eigenvalue weighted by Crippen LogP contribution is 2.24. The van der Waals surface area contributed by atoms with Crippen LogP contribution in [0.25, 0.3) is 0 Å². The van der Waals surface area contributed by atoms with Crippen molar-refractivity contribution in [1.82, 2.24) is 4.90 Å². The van der Waals surface area contributed by atoms with E-state index < -0.39 is 5.60 Å². The van der Waals surface area contributed by atoms with Gasteiger partial charge in [-0.25, -0.2) is 0 Å². The number of β-amino-alcohol motifs (C(OH)–C–C–N with tert-alkyl or cyclic N) is 1. The summed E-state index contributed by atoms with van der Waals surface area (Å²) in [6.45, 7) is 11.7. The summed E-state index contributed by atoms with van der Waals surface area (Å²) in [4.78, 5) is 2.35. The van der Waals surface area contributed by atoms with Crippen LogP contribution >= 0.6 is 0 Å². The maximum atomic E-state index is 10.3. The molecule has 1 N–H and O–H groups in total. The van der Waals surface area contributed by atoms with Crippen LogP contribution in [0.2, 0.25) is 0 Å². The molecule has 0 atom stereocenters. The Kier molecular flexibility index (Phi) is 4.15. The second-order valence-corrected chi connectivity index (χ2v) is 5.22. The molecule has 3 heteroatoms. The molecule has 1 saturated heterocycles. The van der Waals surface area contributed by atoms with Crippen molar-refractivity contribution in [1.29, 1.82) is 0 Å². The summed E-state index contributed by atoms with van der Waals surface area (Å²) in [5.74, 6) is 0. The average Bonchev–Trinajstić information content (AvgIpc) is 2.21. The Labute approximate surface area is 93.4 Å². The lowest BCUT2D eigenvalue weighted by Gasteiger charge is -2.45. The van der Waals surface area contributed by atoms with Gasteiger partial charge >= 0.3 is 0 Å². The second kappa shape index (κ2) is 4.81. The van der Waals surface area contributed by atoms with Gasteiger partial charge in [0.15, 0.2) is 0 Å². The minimum Gasteiger partial charge on any atom is -0.389 e. The predicted octanol–water partition coefficient (Wildman–Crippen LogP) is 1.65. The zero-order valence-electron chi connectivity index (χ0n) is 10.5. The molecule has 1 fully saturated rings. The van der Waals surface area contributed by atoms with Gasteiger partial charge in [-0.05, 0) is 26.7 Å². The zero-order valence-corrected chi connectivity index (χ0v) is 10.5. The van der Waals surface area contributed by atoms with Gasteiger partial charge in [0.25, 0.3) is 0 Å². The largest absolute Gasteiger partial charge is 0.389 e. The summed E-state index contributed by atoms with van der Waals surface area (Å²) in [6.07, 6.45) is 1.63. The molecule has 1 aliphatic heterocycles. The third-order valence-electron chi connectivity index (χ3n) is 3.62. The van der Waals surface area contributed by atoms with Gasteiger partial charge < -0.3 is 9.84 Å². The van der Waals surface area contributed by atoms with E-state index in [0.717, 1.165) is 39.1 Å².